The lowest BCUT2D eigenvalue weighted by molar-refractivity contribution is 0.496. The van der Waals surface area contributed by atoms with Gasteiger partial charge >= 0.3 is 0 Å². The minimum absolute atomic E-state index is 0.670. The van der Waals surface area contributed by atoms with Crippen molar-refractivity contribution in [1.29, 1.82) is 0 Å². The Morgan fingerprint density at radius 2 is 2.12 bits per heavy atom. The highest BCUT2D eigenvalue weighted by molar-refractivity contribution is 9.10. The Hall–Kier alpha value is -1.23. The molecule has 0 aliphatic rings. The fourth-order valence-electron chi connectivity index (χ4n) is 1.39. The summed E-state index contributed by atoms with van der Waals surface area (Å²) in [7, 11) is 0. The van der Waals surface area contributed by atoms with Crippen molar-refractivity contribution in [2.45, 2.75) is 26.3 Å². The van der Waals surface area contributed by atoms with E-state index in [4.69, 9.17) is 0 Å². The zero-order chi connectivity index (χ0) is 11.4. The predicted octanol–water partition coefficient (Wildman–Crippen LogP) is 2.90. The molecular formula is C11H13BrN4. The van der Waals surface area contributed by atoms with Gasteiger partial charge in [-0.25, -0.2) is 0 Å². The van der Waals surface area contributed by atoms with Crippen LogP contribution < -0.4 is 0 Å². The Morgan fingerprint density at radius 1 is 1.31 bits per heavy atom. The first-order valence-electron chi connectivity index (χ1n) is 5.34. The fraction of sp³-hybridized carbons (Fsp3) is 0.364. The molecule has 5 heteroatoms. The summed E-state index contributed by atoms with van der Waals surface area (Å²) in [4.78, 5) is 1.65. The number of unbranched alkanes of at least 4 members (excludes halogenated alkanes) is 1. The lowest BCUT2D eigenvalue weighted by Gasteiger charge is -1.97. The van der Waals surface area contributed by atoms with Gasteiger partial charge in [0.05, 0.1) is 6.54 Å². The van der Waals surface area contributed by atoms with Crippen molar-refractivity contribution in [3.05, 3.63) is 28.7 Å². The van der Waals surface area contributed by atoms with E-state index in [0.29, 0.717) is 5.82 Å². The standard InChI is InChI=1S/C11H13BrN4/c1-2-3-8-16-14-11(13-15-16)9-6-4-5-7-10(9)12/h4-7H,2-3,8H2,1H3. The van der Waals surface area contributed by atoms with Gasteiger partial charge in [0.15, 0.2) is 0 Å². The molecular weight excluding hydrogens is 268 g/mol. The molecule has 1 heterocycles. The van der Waals surface area contributed by atoms with Crippen LogP contribution in [0.1, 0.15) is 19.8 Å². The lowest BCUT2D eigenvalue weighted by atomic mass is 10.2. The highest BCUT2D eigenvalue weighted by atomic mass is 79.9. The molecule has 0 fully saturated rings. The van der Waals surface area contributed by atoms with Crippen molar-refractivity contribution >= 4 is 15.9 Å². The minimum Gasteiger partial charge on any atom is -0.164 e. The monoisotopic (exact) mass is 280 g/mol. The van der Waals surface area contributed by atoms with Crippen LogP contribution in [0.4, 0.5) is 0 Å². The number of aryl methyl sites for hydroxylation is 1. The average Bonchev–Trinajstić information content (AvgIpc) is 2.75. The summed E-state index contributed by atoms with van der Waals surface area (Å²) in [6, 6.07) is 7.88. The van der Waals surface area contributed by atoms with Crippen LogP contribution in [0.2, 0.25) is 0 Å². The Kier molecular flexibility index (Phi) is 3.66. The fourth-order valence-corrected chi connectivity index (χ4v) is 1.85. The molecule has 0 aliphatic heterocycles. The van der Waals surface area contributed by atoms with Crippen molar-refractivity contribution in [2.24, 2.45) is 0 Å². The number of benzene rings is 1. The quantitative estimate of drug-likeness (QED) is 0.865. The van der Waals surface area contributed by atoms with Gasteiger partial charge in [0.2, 0.25) is 5.82 Å². The zero-order valence-electron chi connectivity index (χ0n) is 9.10. The highest BCUT2D eigenvalue weighted by Crippen LogP contribution is 2.24. The first-order chi connectivity index (χ1) is 7.81. The van der Waals surface area contributed by atoms with E-state index in [-0.39, 0.29) is 0 Å². The van der Waals surface area contributed by atoms with Gasteiger partial charge in [-0.05, 0) is 23.8 Å². The van der Waals surface area contributed by atoms with Crippen LogP contribution in [-0.4, -0.2) is 20.2 Å². The SMILES string of the molecule is CCCCn1nnc(-c2ccccc2Br)n1. The molecule has 1 aromatic carbocycles. The van der Waals surface area contributed by atoms with Crippen LogP contribution in [0.25, 0.3) is 11.4 Å². The molecule has 16 heavy (non-hydrogen) atoms. The molecule has 0 N–H and O–H groups in total. The second-order valence-electron chi connectivity index (χ2n) is 3.54. The van der Waals surface area contributed by atoms with Gasteiger partial charge in [-0.3, -0.25) is 0 Å². The van der Waals surface area contributed by atoms with Gasteiger partial charge < -0.3 is 0 Å². The number of nitrogens with zero attached hydrogens (tertiary/aromatic N) is 4. The van der Waals surface area contributed by atoms with E-state index < -0.39 is 0 Å². The van der Waals surface area contributed by atoms with E-state index in [1.54, 1.807) is 4.80 Å². The van der Waals surface area contributed by atoms with Crippen LogP contribution in [0, 0.1) is 0 Å². The van der Waals surface area contributed by atoms with Crippen molar-refractivity contribution in [2.75, 3.05) is 0 Å². The first kappa shape index (κ1) is 11.3. The van der Waals surface area contributed by atoms with E-state index in [0.717, 1.165) is 29.4 Å². The maximum Gasteiger partial charge on any atom is 0.206 e. The molecule has 0 spiro atoms. The number of hydrogen-bond acceptors (Lipinski definition) is 3. The van der Waals surface area contributed by atoms with Gasteiger partial charge in [0, 0.05) is 10.0 Å². The summed E-state index contributed by atoms with van der Waals surface area (Å²) in [5.41, 5.74) is 0.977. The molecule has 1 aromatic heterocycles. The molecule has 84 valence electrons. The van der Waals surface area contributed by atoms with Gasteiger partial charge in [-0.15, -0.1) is 10.2 Å². The van der Waals surface area contributed by atoms with Crippen molar-refractivity contribution < 1.29 is 0 Å². The molecule has 0 saturated carbocycles. The molecule has 0 amide bonds. The smallest absolute Gasteiger partial charge is 0.164 e. The molecule has 0 atom stereocenters. The summed E-state index contributed by atoms with van der Waals surface area (Å²) in [6.45, 7) is 2.97. The largest absolute Gasteiger partial charge is 0.206 e. The zero-order valence-corrected chi connectivity index (χ0v) is 10.7. The first-order valence-corrected chi connectivity index (χ1v) is 6.13. The van der Waals surface area contributed by atoms with Crippen LogP contribution >= 0.6 is 15.9 Å². The van der Waals surface area contributed by atoms with E-state index in [9.17, 15) is 0 Å². The Labute approximate surface area is 103 Å². The topological polar surface area (TPSA) is 43.6 Å². The van der Waals surface area contributed by atoms with Crippen LogP contribution in [0.3, 0.4) is 0 Å². The van der Waals surface area contributed by atoms with E-state index in [2.05, 4.69) is 38.3 Å². The Morgan fingerprint density at radius 3 is 2.88 bits per heavy atom. The number of rotatable bonds is 4. The molecule has 0 aliphatic carbocycles. The third kappa shape index (κ3) is 2.47. The second kappa shape index (κ2) is 5.21. The normalized spacial score (nSPS) is 10.6. The molecule has 2 aromatic rings. The van der Waals surface area contributed by atoms with Crippen LogP contribution in [-0.2, 0) is 6.54 Å². The van der Waals surface area contributed by atoms with Crippen molar-refractivity contribution in [3.8, 4) is 11.4 Å². The Balaban J connectivity index is 2.22. The summed E-state index contributed by atoms with van der Waals surface area (Å²) >= 11 is 3.48. The molecule has 2 rings (SSSR count). The van der Waals surface area contributed by atoms with E-state index >= 15 is 0 Å². The van der Waals surface area contributed by atoms with E-state index in [1.165, 1.54) is 0 Å². The maximum absolute atomic E-state index is 4.34. The summed E-state index contributed by atoms with van der Waals surface area (Å²) in [5.74, 6) is 0.670. The molecule has 0 saturated heterocycles. The van der Waals surface area contributed by atoms with Crippen molar-refractivity contribution in [1.82, 2.24) is 20.2 Å². The molecule has 0 bridgehead atoms. The molecule has 0 unspecified atom stereocenters. The van der Waals surface area contributed by atoms with Gasteiger partial charge in [-0.2, -0.15) is 4.80 Å². The third-order valence-electron chi connectivity index (χ3n) is 2.28. The van der Waals surface area contributed by atoms with Gasteiger partial charge in [0.25, 0.3) is 0 Å². The van der Waals surface area contributed by atoms with Gasteiger partial charge in [0.1, 0.15) is 0 Å². The second-order valence-corrected chi connectivity index (χ2v) is 4.40. The summed E-state index contributed by atoms with van der Waals surface area (Å²) < 4.78 is 0.991. The molecule has 4 nitrogen and oxygen atoms in total. The molecule has 0 radical (unpaired) electrons. The Bertz CT molecular complexity index is 467. The minimum atomic E-state index is 0.670. The van der Waals surface area contributed by atoms with E-state index in [1.807, 2.05) is 24.3 Å². The van der Waals surface area contributed by atoms with Gasteiger partial charge in [-0.1, -0.05) is 41.4 Å². The van der Waals surface area contributed by atoms with Crippen molar-refractivity contribution in [3.63, 3.8) is 0 Å². The highest BCUT2D eigenvalue weighted by Gasteiger charge is 2.08. The lowest BCUT2D eigenvalue weighted by Crippen LogP contribution is -2.01. The number of tetrazole rings is 1. The third-order valence-corrected chi connectivity index (χ3v) is 2.97. The summed E-state index contributed by atoms with van der Waals surface area (Å²) in [6.07, 6.45) is 2.21. The number of halogens is 1. The van der Waals surface area contributed by atoms with Crippen LogP contribution in [0.15, 0.2) is 28.7 Å². The van der Waals surface area contributed by atoms with Crippen LogP contribution in [0.5, 0.6) is 0 Å². The number of aromatic nitrogens is 4. The average molecular weight is 281 g/mol. The summed E-state index contributed by atoms with van der Waals surface area (Å²) in [5, 5.41) is 12.4. The number of hydrogen-bond donors (Lipinski definition) is 0. The predicted molar refractivity (Wildman–Crippen MR) is 65.9 cm³/mol. The maximum atomic E-state index is 4.34.